The zero-order chi connectivity index (χ0) is 14.3. The van der Waals surface area contributed by atoms with Gasteiger partial charge in [0.15, 0.2) is 0 Å². The van der Waals surface area contributed by atoms with E-state index in [-0.39, 0.29) is 19.1 Å². The van der Waals surface area contributed by atoms with Crippen molar-refractivity contribution in [2.75, 3.05) is 13.2 Å². The first-order valence-electron chi connectivity index (χ1n) is 6.39. The van der Waals surface area contributed by atoms with Gasteiger partial charge in [-0.05, 0) is 19.4 Å². The number of nitrogens with zero attached hydrogens (tertiary/aromatic N) is 2. The first kappa shape index (κ1) is 15.7. The van der Waals surface area contributed by atoms with Gasteiger partial charge in [-0.1, -0.05) is 24.9 Å². The highest BCUT2D eigenvalue weighted by Crippen LogP contribution is 2.21. The maximum absolute atomic E-state index is 11.4. The maximum Gasteiger partial charge on any atom is 0.244 e. The Balaban J connectivity index is 2.75. The number of halogens is 1. The summed E-state index contributed by atoms with van der Waals surface area (Å²) in [5, 5.41) is 16.0. The van der Waals surface area contributed by atoms with Crippen molar-refractivity contribution in [2.24, 2.45) is 0 Å². The van der Waals surface area contributed by atoms with Crippen LogP contribution in [0.25, 0.3) is 6.08 Å². The highest BCUT2D eigenvalue weighted by molar-refractivity contribution is 6.31. The molecule has 0 fully saturated rings. The summed E-state index contributed by atoms with van der Waals surface area (Å²) >= 11 is 6.23. The molecular formula is C13H20ClN3O2. The number of aliphatic hydroxyl groups excluding tert-OH is 1. The van der Waals surface area contributed by atoms with Gasteiger partial charge in [0.05, 0.1) is 12.3 Å². The molecule has 1 aromatic heterocycles. The fraction of sp³-hybridized carbons (Fsp3) is 0.538. The van der Waals surface area contributed by atoms with Gasteiger partial charge in [0.1, 0.15) is 5.15 Å². The minimum atomic E-state index is -0.258. The normalized spacial score (nSPS) is 11.2. The lowest BCUT2D eigenvalue weighted by molar-refractivity contribution is -0.116. The summed E-state index contributed by atoms with van der Waals surface area (Å²) in [4.78, 5) is 11.4. The van der Waals surface area contributed by atoms with Crippen molar-refractivity contribution in [1.82, 2.24) is 15.1 Å². The predicted molar refractivity (Wildman–Crippen MR) is 76.0 cm³/mol. The number of rotatable bonds is 7. The van der Waals surface area contributed by atoms with Crippen molar-refractivity contribution in [3.05, 3.63) is 22.5 Å². The Bertz CT molecular complexity index is 455. The van der Waals surface area contributed by atoms with E-state index in [2.05, 4.69) is 17.3 Å². The largest absolute Gasteiger partial charge is 0.395 e. The summed E-state index contributed by atoms with van der Waals surface area (Å²) in [5.41, 5.74) is 1.56. The lowest BCUT2D eigenvalue weighted by Crippen LogP contribution is -2.24. The fourth-order valence-electron chi connectivity index (χ4n) is 1.61. The highest BCUT2D eigenvalue weighted by Gasteiger charge is 2.10. The van der Waals surface area contributed by atoms with Crippen molar-refractivity contribution < 1.29 is 9.90 Å². The van der Waals surface area contributed by atoms with Gasteiger partial charge in [0.2, 0.25) is 5.91 Å². The molecule has 0 unspecified atom stereocenters. The Morgan fingerprint density at radius 3 is 2.95 bits per heavy atom. The fourth-order valence-corrected chi connectivity index (χ4v) is 1.93. The Kier molecular flexibility index (Phi) is 6.59. The Morgan fingerprint density at radius 1 is 1.58 bits per heavy atom. The van der Waals surface area contributed by atoms with Crippen molar-refractivity contribution in [3.8, 4) is 0 Å². The smallest absolute Gasteiger partial charge is 0.244 e. The van der Waals surface area contributed by atoms with E-state index in [4.69, 9.17) is 16.7 Å². The van der Waals surface area contributed by atoms with Gasteiger partial charge in [-0.2, -0.15) is 5.10 Å². The number of nitrogens with one attached hydrogen (secondary N) is 1. The van der Waals surface area contributed by atoms with Crippen molar-refractivity contribution in [3.63, 3.8) is 0 Å². The van der Waals surface area contributed by atoms with Crippen LogP contribution in [0.3, 0.4) is 0 Å². The third-order valence-corrected chi connectivity index (χ3v) is 3.04. The molecule has 0 bridgehead atoms. The first-order valence-corrected chi connectivity index (χ1v) is 6.77. The van der Waals surface area contributed by atoms with Crippen LogP contribution in [-0.4, -0.2) is 33.9 Å². The highest BCUT2D eigenvalue weighted by atomic mass is 35.5. The SMILES string of the molecule is CCCCn1nc(C)c(/C=C/C(=O)NCCO)c1Cl. The molecule has 0 aliphatic carbocycles. The van der Waals surface area contributed by atoms with Crippen LogP contribution in [0.5, 0.6) is 0 Å². The third-order valence-electron chi connectivity index (χ3n) is 2.65. The standard InChI is InChI=1S/C13H20ClN3O2/c1-3-4-8-17-13(14)11(10(2)16-17)5-6-12(19)15-7-9-18/h5-6,18H,3-4,7-9H2,1-2H3,(H,15,19)/b6-5+. The maximum atomic E-state index is 11.4. The van der Waals surface area contributed by atoms with Crippen LogP contribution in [-0.2, 0) is 11.3 Å². The topological polar surface area (TPSA) is 67.2 Å². The van der Waals surface area contributed by atoms with Gasteiger partial charge in [0, 0.05) is 24.7 Å². The molecule has 0 saturated heterocycles. The number of aromatic nitrogens is 2. The average molecular weight is 286 g/mol. The molecule has 19 heavy (non-hydrogen) atoms. The molecule has 1 rings (SSSR count). The molecule has 0 radical (unpaired) electrons. The molecule has 0 spiro atoms. The molecule has 0 aromatic carbocycles. The zero-order valence-electron chi connectivity index (χ0n) is 11.3. The second-order valence-corrected chi connectivity index (χ2v) is 4.57. The molecule has 5 nitrogen and oxygen atoms in total. The molecule has 1 aromatic rings. The monoisotopic (exact) mass is 285 g/mol. The number of aryl methyl sites for hydroxylation is 2. The van der Waals surface area contributed by atoms with Crippen LogP contribution in [0.4, 0.5) is 0 Å². The molecular weight excluding hydrogens is 266 g/mol. The lowest BCUT2D eigenvalue weighted by atomic mass is 10.2. The van der Waals surface area contributed by atoms with Crippen molar-refractivity contribution >= 4 is 23.6 Å². The molecule has 2 N–H and O–H groups in total. The summed E-state index contributed by atoms with van der Waals surface area (Å²) in [7, 11) is 0. The first-order chi connectivity index (χ1) is 9.10. The molecule has 1 amide bonds. The number of amides is 1. The number of unbranched alkanes of at least 4 members (excludes halogenated alkanes) is 1. The minimum absolute atomic E-state index is 0.0751. The summed E-state index contributed by atoms with van der Waals surface area (Å²) in [6.07, 6.45) is 5.14. The predicted octanol–water partition coefficient (Wildman–Crippen LogP) is 1.77. The Morgan fingerprint density at radius 2 is 2.32 bits per heavy atom. The van der Waals surface area contributed by atoms with Gasteiger partial charge in [0.25, 0.3) is 0 Å². The molecule has 1 heterocycles. The van der Waals surface area contributed by atoms with Gasteiger partial charge >= 0.3 is 0 Å². The number of carbonyl (C=O) groups excluding carboxylic acids is 1. The van der Waals surface area contributed by atoms with Crippen molar-refractivity contribution in [1.29, 1.82) is 0 Å². The molecule has 0 saturated carbocycles. The van der Waals surface area contributed by atoms with E-state index in [0.717, 1.165) is 30.6 Å². The lowest BCUT2D eigenvalue weighted by Gasteiger charge is -2.00. The van der Waals surface area contributed by atoms with E-state index in [1.807, 2.05) is 6.92 Å². The van der Waals surface area contributed by atoms with Crippen LogP contribution in [0.2, 0.25) is 5.15 Å². The number of hydrogen-bond donors (Lipinski definition) is 2. The van der Waals surface area contributed by atoms with Gasteiger partial charge in [-0.25, -0.2) is 0 Å². The summed E-state index contributed by atoms with van der Waals surface area (Å²) < 4.78 is 1.76. The van der Waals surface area contributed by atoms with Gasteiger partial charge in [-0.15, -0.1) is 0 Å². The van der Waals surface area contributed by atoms with Crippen LogP contribution in [0, 0.1) is 6.92 Å². The second kappa shape index (κ2) is 7.96. The number of hydrogen-bond acceptors (Lipinski definition) is 3. The van der Waals surface area contributed by atoms with E-state index in [0.29, 0.717) is 5.15 Å². The number of carbonyl (C=O) groups is 1. The van der Waals surface area contributed by atoms with Crippen LogP contribution < -0.4 is 5.32 Å². The molecule has 6 heteroatoms. The molecule has 106 valence electrons. The van der Waals surface area contributed by atoms with E-state index in [9.17, 15) is 4.79 Å². The van der Waals surface area contributed by atoms with E-state index < -0.39 is 0 Å². The van der Waals surface area contributed by atoms with Crippen LogP contribution in [0.1, 0.15) is 31.0 Å². The third kappa shape index (κ3) is 4.69. The van der Waals surface area contributed by atoms with E-state index in [1.165, 1.54) is 6.08 Å². The van der Waals surface area contributed by atoms with E-state index >= 15 is 0 Å². The minimum Gasteiger partial charge on any atom is -0.395 e. The molecule has 0 aliphatic rings. The van der Waals surface area contributed by atoms with E-state index in [1.54, 1.807) is 10.8 Å². The second-order valence-electron chi connectivity index (χ2n) is 4.21. The Hall–Kier alpha value is -1.33. The van der Waals surface area contributed by atoms with Gasteiger partial charge < -0.3 is 10.4 Å². The summed E-state index contributed by atoms with van der Waals surface area (Å²) in [6.45, 7) is 4.91. The summed E-state index contributed by atoms with van der Waals surface area (Å²) in [6, 6.07) is 0. The average Bonchev–Trinajstić information content (AvgIpc) is 2.66. The van der Waals surface area contributed by atoms with Crippen LogP contribution >= 0.6 is 11.6 Å². The Labute approximate surface area is 118 Å². The summed E-state index contributed by atoms with van der Waals surface area (Å²) in [5.74, 6) is -0.258. The van der Waals surface area contributed by atoms with Crippen molar-refractivity contribution in [2.45, 2.75) is 33.2 Å². The van der Waals surface area contributed by atoms with Crippen LogP contribution in [0.15, 0.2) is 6.08 Å². The van der Waals surface area contributed by atoms with Gasteiger partial charge in [-0.3, -0.25) is 9.48 Å². The quantitative estimate of drug-likeness (QED) is 0.750. The molecule has 0 aliphatic heterocycles. The molecule has 0 atom stereocenters. The number of aliphatic hydroxyl groups is 1. The zero-order valence-corrected chi connectivity index (χ0v) is 12.1.